The van der Waals surface area contributed by atoms with Crippen LogP contribution < -0.4 is 10.7 Å². The summed E-state index contributed by atoms with van der Waals surface area (Å²) in [6.45, 7) is 0.726. The van der Waals surface area contributed by atoms with Gasteiger partial charge in [-0.25, -0.2) is 0 Å². The molecule has 3 rings (SSSR count). The van der Waals surface area contributed by atoms with Crippen molar-refractivity contribution in [3.63, 3.8) is 0 Å². The highest BCUT2D eigenvalue weighted by molar-refractivity contribution is 7.98. The number of fused-ring (bicyclic) bond motifs is 1. The van der Waals surface area contributed by atoms with Crippen molar-refractivity contribution < 1.29 is 4.79 Å². The van der Waals surface area contributed by atoms with Crippen molar-refractivity contribution in [1.82, 2.24) is 15.1 Å². The summed E-state index contributed by atoms with van der Waals surface area (Å²) in [5.74, 6) is 1.73. The zero-order valence-electron chi connectivity index (χ0n) is 13.0. The van der Waals surface area contributed by atoms with Crippen molar-refractivity contribution in [1.29, 1.82) is 0 Å². The molecule has 2 aromatic heterocycles. The number of carbonyl (C=O) groups excluding carboxylic acids is 1. The van der Waals surface area contributed by atoms with E-state index in [0.29, 0.717) is 17.4 Å². The fraction of sp³-hybridized carbons (Fsp3) is 0.235. The Morgan fingerprint density at radius 3 is 2.96 bits per heavy atom. The van der Waals surface area contributed by atoms with Crippen molar-refractivity contribution in [2.24, 2.45) is 0 Å². The van der Waals surface area contributed by atoms with Gasteiger partial charge in [-0.05, 0) is 23.6 Å². The Hall–Kier alpha value is -2.12. The lowest BCUT2D eigenvalue weighted by atomic mass is 10.2. The van der Waals surface area contributed by atoms with Gasteiger partial charge in [0.15, 0.2) is 0 Å². The summed E-state index contributed by atoms with van der Waals surface area (Å²) in [6, 6.07) is 11.3. The highest BCUT2D eigenvalue weighted by Gasteiger charge is 2.07. The average Bonchev–Trinajstić information content (AvgIpc) is 3.11. The first-order chi connectivity index (χ1) is 11.7. The summed E-state index contributed by atoms with van der Waals surface area (Å²) < 4.78 is 1.56. The van der Waals surface area contributed by atoms with Crippen LogP contribution in [0.15, 0.2) is 52.8 Å². The molecular weight excluding hydrogens is 342 g/mol. The van der Waals surface area contributed by atoms with E-state index in [2.05, 4.69) is 21.9 Å². The molecule has 0 saturated heterocycles. The Morgan fingerprint density at radius 2 is 2.12 bits per heavy atom. The second-order valence-corrected chi connectivity index (χ2v) is 7.30. The number of thiophene rings is 1. The van der Waals surface area contributed by atoms with Crippen LogP contribution in [-0.2, 0) is 17.1 Å². The number of nitrogens with zero attached hydrogens (tertiary/aromatic N) is 2. The molecule has 0 aliphatic heterocycles. The molecule has 0 spiro atoms. The van der Waals surface area contributed by atoms with E-state index in [1.165, 1.54) is 11.1 Å². The summed E-state index contributed by atoms with van der Waals surface area (Å²) in [5, 5.41) is 9.60. The lowest BCUT2D eigenvalue weighted by molar-refractivity contribution is -0.121. The maximum atomic E-state index is 12.1. The van der Waals surface area contributed by atoms with Crippen molar-refractivity contribution in [2.45, 2.75) is 12.3 Å². The Morgan fingerprint density at radius 1 is 1.25 bits per heavy atom. The first-order valence-corrected chi connectivity index (χ1v) is 9.59. The highest BCUT2D eigenvalue weighted by atomic mass is 32.2. The van der Waals surface area contributed by atoms with Crippen LogP contribution in [0.1, 0.15) is 4.88 Å². The standard InChI is InChI=1S/C17H17N3O2S2/c21-16-10-19-20(15-6-2-1-5-14(15)16)11-17(22)18-7-9-23-12-13-4-3-8-24-13/h1-6,8,10H,7,9,11-12H2,(H,18,22). The molecule has 2 heterocycles. The molecule has 0 atom stereocenters. The van der Waals surface area contributed by atoms with Gasteiger partial charge in [-0.3, -0.25) is 14.3 Å². The molecule has 0 saturated carbocycles. The minimum atomic E-state index is -0.132. The SMILES string of the molecule is O=C(Cn1ncc(=O)c2ccccc21)NCCSCc1cccs1. The Bertz CT molecular complexity index is 875. The van der Waals surface area contributed by atoms with Gasteiger partial charge in [0.2, 0.25) is 11.3 Å². The van der Waals surface area contributed by atoms with Crippen LogP contribution in [0.25, 0.3) is 10.9 Å². The minimum Gasteiger partial charge on any atom is -0.354 e. The Balaban J connectivity index is 1.50. The second-order valence-electron chi connectivity index (χ2n) is 5.17. The van der Waals surface area contributed by atoms with Crippen molar-refractivity contribution in [3.8, 4) is 0 Å². The summed E-state index contributed by atoms with van der Waals surface area (Å²) in [7, 11) is 0. The van der Waals surface area contributed by atoms with Gasteiger partial charge in [-0.1, -0.05) is 18.2 Å². The van der Waals surface area contributed by atoms with Gasteiger partial charge in [0.25, 0.3) is 0 Å². The van der Waals surface area contributed by atoms with Gasteiger partial charge >= 0.3 is 0 Å². The van der Waals surface area contributed by atoms with Crippen LogP contribution in [0.5, 0.6) is 0 Å². The smallest absolute Gasteiger partial charge is 0.241 e. The van der Waals surface area contributed by atoms with Crippen molar-refractivity contribution >= 4 is 39.9 Å². The molecule has 0 radical (unpaired) electrons. The molecule has 5 nitrogen and oxygen atoms in total. The van der Waals surface area contributed by atoms with Gasteiger partial charge in [0, 0.05) is 28.3 Å². The van der Waals surface area contributed by atoms with E-state index in [0.717, 1.165) is 11.5 Å². The monoisotopic (exact) mass is 359 g/mol. The molecule has 1 aromatic carbocycles. The van der Waals surface area contributed by atoms with E-state index in [9.17, 15) is 9.59 Å². The van der Waals surface area contributed by atoms with Crippen LogP contribution in [0, 0.1) is 0 Å². The number of thioether (sulfide) groups is 1. The van der Waals surface area contributed by atoms with E-state index in [-0.39, 0.29) is 17.9 Å². The number of para-hydroxylation sites is 1. The van der Waals surface area contributed by atoms with E-state index < -0.39 is 0 Å². The summed E-state index contributed by atoms with van der Waals surface area (Å²) in [6.07, 6.45) is 1.26. The Kier molecular flexibility index (Phi) is 5.66. The lowest BCUT2D eigenvalue weighted by Crippen LogP contribution is -2.30. The molecule has 0 fully saturated rings. The van der Waals surface area contributed by atoms with E-state index >= 15 is 0 Å². The van der Waals surface area contributed by atoms with Crippen molar-refractivity contribution in [2.75, 3.05) is 12.3 Å². The quantitative estimate of drug-likeness (QED) is 0.659. The number of nitrogens with one attached hydrogen (secondary N) is 1. The van der Waals surface area contributed by atoms with Crippen LogP contribution in [-0.4, -0.2) is 28.0 Å². The second kappa shape index (κ2) is 8.12. The molecule has 124 valence electrons. The number of aromatic nitrogens is 2. The Labute approximate surface area is 147 Å². The zero-order valence-corrected chi connectivity index (χ0v) is 14.6. The number of hydrogen-bond acceptors (Lipinski definition) is 5. The molecule has 0 bridgehead atoms. The fourth-order valence-corrected chi connectivity index (χ4v) is 4.01. The summed E-state index contributed by atoms with van der Waals surface area (Å²) in [4.78, 5) is 25.2. The number of rotatable bonds is 7. The molecule has 0 aliphatic rings. The van der Waals surface area contributed by atoms with Gasteiger partial charge < -0.3 is 5.32 Å². The normalized spacial score (nSPS) is 10.8. The van der Waals surface area contributed by atoms with Crippen molar-refractivity contribution in [3.05, 3.63) is 63.1 Å². The topological polar surface area (TPSA) is 64.0 Å². The number of benzene rings is 1. The predicted molar refractivity (Wildman–Crippen MR) is 99.5 cm³/mol. The molecule has 24 heavy (non-hydrogen) atoms. The van der Waals surface area contributed by atoms with E-state index in [1.807, 2.05) is 12.1 Å². The third-order valence-electron chi connectivity index (χ3n) is 3.45. The molecular formula is C17H17N3O2S2. The number of hydrogen-bond donors (Lipinski definition) is 1. The third-order valence-corrected chi connectivity index (χ3v) is 5.52. The van der Waals surface area contributed by atoms with Crippen LogP contribution in [0.2, 0.25) is 0 Å². The maximum Gasteiger partial charge on any atom is 0.241 e. The molecule has 0 aliphatic carbocycles. The molecule has 1 N–H and O–H groups in total. The summed E-state index contributed by atoms with van der Waals surface area (Å²) >= 11 is 3.54. The zero-order chi connectivity index (χ0) is 16.8. The van der Waals surface area contributed by atoms with Crippen LogP contribution >= 0.6 is 23.1 Å². The average molecular weight is 359 g/mol. The number of carbonyl (C=O) groups is 1. The van der Waals surface area contributed by atoms with Crippen LogP contribution in [0.3, 0.4) is 0 Å². The van der Waals surface area contributed by atoms with E-state index in [4.69, 9.17) is 0 Å². The molecule has 1 amide bonds. The molecule has 0 unspecified atom stereocenters. The third kappa shape index (κ3) is 4.24. The van der Waals surface area contributed by atoms with Gasteiger partial charge in [0.05, 0.1) is 11.7 Å². The fourth-order valence-electron chi connectivity index (χ4n) is 2.31. The first-order valence-electron chi connectivity index (χ1n) is 7.56. The lowest BCUT2D eigenvalue weighted by Gasteiger charge is -2.09. The minimum absolute atomic E-state index is 0.104. The first kappa shape index (κ1) is 16.7. The molecule has 7 heteroatoms. The van der Waals surface area contributed by atoms with Gasteiger partial charge in [0.1, 0.15) is 6.54 Å². The number of amides is 1. The van der Waals surface area contributed by atoms with Gasteiger partial charge in [-0.2, -0.15) is 16.9 Å². The van der Waals surface area contributed by atoms with E-state index in [1.54, 1.807) is 46.0 Å². The van der Waals surface area contributed by atoms with Gasteiger partial charge in [-0.15, -0.1) is 11.3 Å². The predicted octanol–water partition coefficient (Wildman–Crippen LogP) is 2.51. The summed E-state index contributed by atoms with van der Waals surface area (Å²) in [5.41, 5.74) is 0.541. The molecule has 3 aromatic rings. The van der Waals surface area contributed by atoms with Crippen LogP contribution in [0.4, 0.5) is 0 Å². The highest BCUT2D eigenvalue weighted by Crippen LogP contribution is 2.16. The largest absolute Gasteiger partial charge is 0.354 e. The maximum absolute atomic E-state index is 12.1.